The number of fused-ring (bicyclic) bond motifs is 2. The molecule has 2 aromatic heterocycles. The third-order valence-corrected chi connectivity index (χ3v) is 7.42. The lowest BCUT2D eigenvalue weighted by Crippen LogP contribution is -2.23. The van der Waals surface area contributed by atoms with Gasteiger partial charge in [-0.3, -0.25) is 9.59 Å². The van der Waals surface area contributed by atoms with E-state index in [2.05, 4.69) is 4.99 Å². The number of carbonyl (C=O) groups excluding carboxylic acids is 3. The van der Waals surface area contributed by atoms with Gasteiger partial charge in [-0.25, -0.2) is 4.79 Å². The quantitative estimate of drug-likeness (QED) is 0.344. The normalized spacial score (nSPS) is 11.8. The first-order valence-corrected chi connectivity index (χ1v) is 12.2. The molecule has 0 N–H and O–H groups in total. The minimum Gasteiger partial charge on any atom is -0.465 e. The van der Waals surface area contributed by atoms with Gasteiger partial charge in [0.2, 0.25) is 0 Å². The Labute approximate surface area is 201 Å². The summed E-state index contributed by atoms with van der Waals surface area (Å²) in [6.45, 7) is 3.82. The monoisotopic (exact) mass is 502 g/mol. The minimum absolute atomic E-state index is 0.126. The highest BCUT2D eigenvalue weighted by Gasteiger charge is 2.19. The van der Waals surface area contributed by atoms with E-state index in [9.17, 15) is 14.4 Å². The van der Waals surface area contributed by atoms with Gasteiger partial charge in [-0.05, 0) is 38.1 Å². The van der Waals surface area contributed by atoms with E-state index in [-0.39, 0.29) is 19.8 Å². The van der Waals surface area contributed by atoms with E-state index in [1.54, 1.807) is 36.6 Å². The lowest BCUT2D eigenvalue weighted by Gasteiger charge is -2.06. The molecule has 0 fully saturated rings. The number of aromatic nitrogens is 1. The van der Waals surface area contributed by atoms with Gasteiger partial charge in [0.05, 0.1) is 34.0 Å². The summed E-state index contributed by atoms with van der Waals surface area (Å²) in [6, 6.07) is 12.4. The summed E-state index contributed by atoms with van der Waals surface area (Å²) >= 11 is 8.90. The number of thiazole rings is 1. The Morgan fingerprint density at radius 3 is 2.48 bits per heavy atom. The fraction of sp³-hybridized carbons (Fsp3) is 0.217. The molecule has 0 bridgehead atoms. The summed E-state index contributed by atoms with van der Waals surface area (Å²) in [4.78, 5) is 42.4. The Bertz CT molecular complexity index is 1450. The number of amides is 1. The third-order valence-electron chi connectivity index (χ3n) is 4.71. The van der Waals surface area contributed by atoms with Gasteiger partial charge in [-0.1, -0.05) is 41.1 Å². The van der Waals surface area contributed by atoms with E-state index >= 15 is 0 Å². The summed E-state index contributed by atoms with van der Waals surface area (Å²) in [7, 11) is 0. The molecule has 10 heteroatoms. The van der Waals surface area contributed by atoms with Crippen LogP contribution in [0.25, 0.3) is 20.3 Å². The topological polar surface area (TPSA) is 87.0 Å². The highest BCUT2D eigenvalue weighted by atomic mass is 35.5. The largest absolute Gasteiger partial charge is 0.465 e. The number of benzene rings is 2. The number of hydrogen-bond acceptors (Lipinski definition) is 7. The van der Waals surface area contributed by atoms with Crippen LogP contribution in [-0.4, -0.2) is 35.6 Å². The maximum Gasteiger partial charge on any atom is 0.338 e. The number of hydrogen-bond donors (Lipinski definition) is 0. The fourth-order valence-electron chi connectivity index (χ4n) is 3.28. The summed E-state index contributed by atoms with van der Waals surface area (Å²) in [5, 5.41) is 1.14. The van der Waals surface area contributed by atoms with Crippen LogP contribution in [0.4, 0.5) is 0 Å². The van der Waals surface area contributed by atoms with E-state index in [4.69, 9.17) is 21.1 Å². The molecule has 0 aliphatic rings. The first kappa shape index (κ1) is 23.2. The van der Waals surface area contributed by atoms with E-state index in [0.29, 0.717) is 30.5 Å². The van der Waals surface area contributed by atoms with Crippen molar-refractivity contribution in [3.63, 3.8) is 0 Å². The molecule has 7 nitrogen and oxygen atoms in total. The van der Waals surface area contributed by atoms with Crippen LogP contribution in [-0.2, 0) is 20.8 Å². The van der Waals surface area contributed by atoms with Crippen molar-refractivity contribution in [1.82, 2.24) is 4.57 Å². The molecule has 2 heterocycles. The molecule has 33 heavy (non-hydrogen) atoms. The molecule has 0 saturated heterocycles. The van der Waals surface area contributed by atoms with Crippen LogP contribution in [0.15, 0.2) is 47.5 Å². The van der Waals surface area contributed by atoms with Crippen molar-refractivity contribution in [2.75, 3.05) is 13.2 Å². The molecule has 1 amide bonds. The van der Waals surface area contributed by atoms with Crippen LogP contribution < -0.4 is 4.80 Å². The minimum atomic E-state index is -0.504. The van der Waals surface area contributed by atoms with Gasteiger partial charge < -0.3 is 14.0 Å². The lowest BCUT2D eigenvalue weighted by atomic mass is 10.2. The average molecular weight is 503 g/mol. The molecule has 0 saturated carbocycles. The number of carbonyl (C=O) groups is 3. The lowest BCUT2D eigenvalue weighted by molar-refractivity contribution is -0.143. The van der Waals surface area contributed by atoms with E-state index in [1.807, 2.05) is 24.3 Å². The van der Waals surface area contributed by atoms with Gasteiger partial charge in [0.25, 0.3) is 5.91 Å². The van der Waals surface area contributed by atoms with Crippen molar-refractivity contribution in [2.24, 2.45) is 4.99 Å². The first-order chi connectivity index (χ1) is 15.9. The van der Waals surface area contributed by atoms with Gasteiger partial charge in [0.15, 0.2) is 4.80 Å². The summed E-state index contributed by atoms with van der Waals surface area (Å²) in [5.41, 5.74) is 1.02. The van der Waals surface area contributed by atoms with Crippen molar-refractivity contribution in [2.45, 2.75) is 20.4 Å². The number of ether oxygens (including phenoxy) is 2. The van der Waals surface area contributed by atoms with Crippen molar-refractivity contribution < 1.29 is 23.9 Å². The van der Waals surface area contributed by atoms with Crippen molar-refractivity contribution in [3.05, 3.63) is 62.7 Å². The molecular formula is C23H19ClN2O5S2. The number of rotatable bonds is 6. The van der Waals surface area contributed by atoms with E-state index in [1.165, 1.54) is 22.7 Å². The first-order valence-electron chi connectivity index (χ1n) is 10.1. The van der Waals surface area contributed by atoms with Gasteiger partial charge in [0, 0.05) is 10.1 Å². The van der Waals surface area contributed by atoms with Gasteiger partial charge >= 0.3 is 11.9 Å². The molecule has 0 radical (unpaired) electrons. The zero-order chi connectivity index (χ0) is 23.5. The second kappa shape index (κ2) is 9.86. The zero-order valence-electron chi connectivity index (χ0n) is 17.8. The molecule has 0 atom stereocenters. The molecule has 0 aliphatic heterocycles. The summed E-state index contributed by atoms with van der Waals surface area (Å²) < 4.78 is 13.3. The standard InChI is InChI=1S/C23H19ClN2O5S2/c1-3-30-18(27)12-26-15-10-9-13(22(29)31-4-2)11-17(15)33-23(26)25-21(28)20-19(24)14-7-5-6-8-16(14)32-20/h5-11H,3-4,12H2,1-2H3. The average Bonchev–Trinajstić information content (AvgIpc) is 3.31. The van der Waals surface area contributed by atoms with Crippen LogP contribution in [0.3, 0.4) is 0 Å². The smallest absolute Gasteiger partial charge is 0.338 e. The van der Waals surface area contributed by atoms with Gasteiger partial charge in [-0.15, -0.1) is 11.3 Å². The third kappa shape index (κ3) is 4.71. The van der Waals surface area contributed by atoms with Crippen molar-refractivity contribution in [1.29, 1.82) is 0 Å². The van der Waals surface area contributed by atoms with Crippen LogP contribution in [0.5, 0.6) is 0 Å². The highest BCUT2D eigenvalue weighted by molar-refractivity contribution is 7.21. The predicted molar refractivity (Wildman–Crippen MR) is 129 cm³/mol. The number of nitrogens with zero attached hydrogens (tertiary/aromatic N) is 2. The predicted octanol–water partition coefficient (Wildman–Crippen LogP) is 5.05. The molecule has 0 unspecified atom stereocenters. The molecular weight excluding hydrogens is 484 g/mol. The van der Waals surface area contributed by atoms with Gasteiger partial charge in [-0.2, -0.15) is 4.99 Å². The number of esters is 2. The SMILES string of the molecule is CCOC(=O)Cn1c(=NC(=O)c2sc3ccccc3c2Cl)sc2cc(C(=O)OCC)ccc21. The molecule has 4 aromatic rings. The molecule has 170 valence electrons. The van der Waals surface area contributed by atoms with Crippen LogP contribution in [0, 0.1) is 0 Å². The van der Waals surface area contributed by atoms with Crippen LogP contribution >= 0.6 is 34.3 Å². The second-order valence-corrected chi connectivity index (χ2v) is 9.28. The van der Waals surface area contributed by atoms with Crippen LogP contribution in [0.1, 0.15) is 33.9 Å². The molecule has 0 aliphatic carbocycles. The molecule has 4 rings (SSSR count). The second-order valence-electron chi connectivity index (χ2n) is 6.84. The summed E-state index contributed by atoms with van der Waals surface area (Å²) in [6.07, 6.45) is 0. The maximum atomic E-state index is 13.1. The molecule has 2 aromatic carbocycles. The fourth-order valence-corrected chi connectivity index (χ4v) is 5.74. The Balaban J connectivity index is 1.83. The Hall–Kier alpha value is -3.01. The Kier molecular flexibility index (Phi) is 6.92. The highest BCUT2D eigenvalue weighted by Crippen LogP contribution is 2.35. The summed E-state index contributed by atoms with van der Waals surface area (Å²) in [5.74, 6) is -1.41. The number of thiophene rings is 1. The van der Waals surface area contributed by atoms with E-state index in [0.717, 1.165) is 10.1 Å². The molecule has 0 spiro atoms. The van der Waals surface area contributed by atoms with Crippen LogP contribution in [0.2, 0.25) is 5.02 Å². The number of halogens is 1. The Morgan fingerprint density at radius 1 is 1.00 bits per heavy atom. The Morgan fingerprint density at radius 2 is 1.76 bits per heavy atom. The van der Waals surface area contributed by atoms with E-state index < -0.39 is 17.8 Å². The van der Waals surface area contributed by atoms with Crippen molar-refractivity contribution in [3.8, 4) is 0 Å². The maximum absolute atomic E-state index is 13.1. The zero-order valence-corrected chi connectivity index (χ0v) is 20.2. The van der Waals surface area contributed by atoms with Gasteiger partial charge in [0.1, 0.15) is 11.4 Å². The van der Waals surface area contributed by atoms with Crippen molar-refractivity contribution >= 4 is 72.4 Å².